The lowest BCUT2D eigenvalue weighted by Crippen LogP contribution is -2.41. The Morgan fingerprint density at radius 2 is 1.90 bits per heavy atom. The van der Waals surface area contributed by atoms with Gasteiger partial charge in [-0.25, -0.2) is 0 Å². The minimum Gasteiger partial charge on any atom is -0.371 e. The van der Waals surface area contributed by atoms with Crippen LogP contribution in [0.3, 0.4) is 0 Å². The average Bonchev–Trinajstić information content (AvgIpc) is 2.75. The summed E-state index contributed by atoms with van der Waals surface area (Å²) in [7, 11) is 0. The highest BCUT2D eigenvalue weighted by atomic mass is 35.5. The number of carbonyl (C=O) groups excluding carboxylic acids is 2. The molecule has 1 heterocycles. The number of hydrogen-bond acceptors (Lipinski definition) is 4. The molecule has 0 aromatic heterocycles. The minimum absolute atomic E-state index is 0.0728. The smallest absolute Gasteiger partial charge is 0.251 e. The van der Waals surface area contributed by atoms with Crippen LogP contribution in [0.15, 0.2) is 42.5 Å². The number of nitrogens with one attached hydrogen (secondary N) is 3. The number of carbonyl (C=O) groups is 2. The maximum absolute atomic E-state index is 12.6. The fraction of sp³-hybridized carbons (Fsp3) is 0.391. The monoisotopic (exact) mass is 443 g/mol. The van der Waals surface area contributed by atoms with E-state index in [-0.39, 0.29) is 23.9 Å². The SMILES string of the molecule is O=C(NC1CCCCC1)c1ccc2c(c1)NC(=O)C(CSCc1ccccc1Cl)N2. The summed E-state index contributed by atoms with van der Waals surface area (Å²) in [6, 6.07) is 13.1. The third-order valence-corrected chi connectivity index (χ3v) is 7.08. The molecule has 158 valence electrons. The van der Waals surface area contributed by atoms with Gasteiger partial charge in [-0.2, -0.15) is 11.8 Å². The Hall–Kier alpha value is -2.18. The third-order valence-electron chi connectivity index (χ3n) is 5.63. The molecule has 0 spiro atoms. The van der Waals surface area contributed by atoms with Gasteiger partial charge in [0.15, 0.2) is 0 Å². The van der Waals surface area contributed by atoms with Crippen molar-refractivity contribution in [3.63, 3.8) is 0 Å². The highest BCUT2D eigenvalue weighted by Crippen LogP contribution is 2.30. The normalized spacial score (nSPS) is 18.8. The van der Waals surface area contributed by atoms with E-state index in [0.717, 1.165) is 34.9 Å². The maximum atomic E-state index is 12.6. The van der Waals surface area contributed by atoms with E-state index in [4.69, 9.17) is 11.6 Å². The van der Waals surface area contributed by atoms with Crippen molar-refractivity contribution < 1.29 is 9.59 Å². The van der Waals surface area contributed by atoms with E-state index in [0.29, 0.717) is 17.0 Å². The van der Waals surface area contributed by atoms with E-state index in [2.05, 4.69) is 16.0 Å². The Morgan fingerprint density at radius 1 is 1.10 bits per heavy atom. The molecule has 1 fully saturated rings. The van der Waals surface area contributed by atoms with E-state index < -0.39 is 0 Å². The van der Waals surface area contributed by atoms with E-state index >= 15 is 0 Å². The minimum atomic E-state index is -0.327. The molecule has 1 atom stereocenters. The molecule has 1 aliphatic heterocycles. The van der Waals surface area contributed by atoms with Gasteiger partial charge < -0.3 is 16.0 Å². The summed E-state index contributed by atoms with van der Waals surface area (Å²) >= 11 is 7.86. The summed E-state index contributed by atoms with van der Waals surface area (Å²) in [5, 5.41) is 10.1. The van der Waals surface area contributed by atoms with Crippen LogP contribution in [0.5, 0.6) is 0 Å². The second-order valence-electron chi connectivity index (χ2n) is 7.86. The standard InChI is InChI=1S/C23H26ClN3O2S/c24-18-9-5-4-6-16(18)13-30-14-21-23(29)27-20-12-15(10-11-19(20)26-21)22(28)25-17-7-2-1-3-8-17/h4-6,9-12,17,21,26H,1-3,7-8,13-14H2,(H,25,28)(H,27,29). The molecule has 7 heteroatoms. The van der Waals surface area contributed by atoms with Crippen LogP contribution >= 0.6 is 23.4 Å². The van der Waals surface area contributed by atoms with Crippen LogP contribution in [0.2, 0.25) is 5.02 Å². The molecule has 3 N–H and O–H groups in total. The number of hydrogen-bond donors (Lipinski definition) is 3. The second kappa shape index (κ2) is 9.75. The lowest BCUT2D eigenvalue weighted by molar-refractivity contribution is -0.116. The molecule has 0 saturated heterocycles. The van der Waals surface area contributed by atoms with Crippen molar-refractivity contribution in [3.05, 3.63) is 58.6 Å². The van der Waals surface area contributed by atoms with Gasteiger partial charge in [0.25, 0.3) is 5.91 Å². The molecule has 0 radical (unpaired) electrons. The van der Waals surface area contributed by atoms with Gasteiger partial charge in [0.1, 0.15) is 6.04 Å². The molecule has 1 unspecified atom stereocenters. The topological polar surface area (TPSA) is 70.2 Å². The zero-order valence-electron chi connectivity index (χ0n) is 16.7. The highest BCUT2D eigenvalue weighted by Gasteiger charge is 2.26. The summed E-state index contributed by atoms with van der Waals surface area (Å²) < 4.78 is 0. The maximum Gasteiger partial charge on any atom is 0.251 e. The molecule has 1 aliphatic carbocycles. The molecule has 30 heavy (non-hydrogen) atoms. The second-order valence-corrected chi connectivity index (χ2v) is 9.30. The Morgan fingerprint density at radius 3 is 2.70 bits per heavy atom. The van der Waals surface area contributed by atoms with Crippen LogP contribution in [0.25, 0.3) is 0 Å². The van der Waals surface area contributed by atoms with Gasteiger partial charge in [-0.05, 0) is 42.7 Å². The molecular weight excluding hydrogens is 418 g/mol. The first-order chi connectivity index (χ1) is 14.6. The zero-order chi connectivity index (χ0) is 20.9. The quantitative estimate of drug-likeness (QED) is 0.583. The zero-order valence-corrected chi connectivity index (χ0v) is 18.3. The van der Waals surface area contributed by atoms with Crippen molar-refractivity contribution in [2.24, 2.45) is 0 Å². The number of halogens is 1. The Bertz CT molecular complexity index is 930. The molecule has 2 aromatic rings. The van der Waals surface area contributed by atoms with Crippen LogP contribution in [-0.2, 0) is 10.5 Å². The number of thioether (sulfide) groups is 1. The summed E-state index contributed by atoms with van der Waals surface area (Å²) in [5.41, 5.74) is 3.14. The third kappa shape index (κ3) is 5.10. The Labute approximate surface area is 186 Å². The van der Waals surface area contributed by atoms with E-state index in [1.165, 1.54) is 19.3 Å². The van der Waals surface area contributed by atoms with Crippen LogP contribution in [-0.4, -0.2) is 29.7 Å². The van der Waals surface area contributed by atoms with Gasteiger partial charge in [-0.1, -0.05) is 49.1 Å². The van der Waals surface area contributed by atoms with Gasteiger partial charge >= 0.3 is 0 Å². The number of amides is 2. The predicted octanol–water partition coefficient (Wildman–Crippen LogP) is 5.07. The molecule has 2 aliphatic rings. The molecule has 0 bridgehead atoms. The van der Waals surface area contributed by atoms with Crippen molar-refractivity contribution in [1.29, 1.82) is 0 Å². The van der Waals surface area contributed by atoms with Gasteiger partial charge in [-0.15, -0.1) is 0 Å². The van der Waals surface area contributed by atoms with Crippen molar-refractivity contribution >= 4 is 46.6 Å². The predicted molar refractivity (Wildman–Crippen MR) is 124 cm³/mol. The van der Waals surface area contributed by atoms with Crippen molar-refractivity contribution in [1.82, 2.24) is 5.32 Å². The van der Waals surface area contributed by atoms with Crippen molar-refractivity contribution in [3.8, 4) is 0 Å². The molecular formula is C23H26ClN3O2S. The Balaban J connectivity index is 1.34. The van der Waals surface area contributed by atoms with Gasteiger partial charge in [0.2, 0.25) is 5.91 Å². The number of rotatable bonds is 6. The first-order valence-electron chi connectivity index (χ1n) is 10.4. The van der Waals surface area contributed by atoms with E-state index in [1.807, 2.05) is 36.4 Å². The average molecular weight is 444 g/mol. The van der Waals surface area contributed by atoms with Gasteiger partial charge in [0, 0.05) is 28.1 Å². The van der Waals surface area contributed by atoms with Crippen LogP contribution < -0.4 is 16.0 Å². The molecule has 2 amide bonds. The summed E-state index contributed by atoms with van der Waals surface area (Å²) in [5.74, 6) is 1.22. The summed E-state index contributed by atoms with van der Waals surface area (Å²) in [6.45, 7) is 0. The largest absolute Gasteiger partial charge is 0.371 e. The first-order valence-corrected chi connectivity index (χ1v) is 12.0. The van der Waals surface area contributed by atoms with Gasteiger partial charge in [-0.3, -0.25) is 9.59 Å². The molecule has 4 rings (SSSR count). The van der Waals surface area contributed by atoms with Crippen LogP contribution in [0, 0.1) is 0 Å². The van der Waals surface area contributed by atoms with E-state index in [9.17, 15) is 9.59 Å². The van der Waals surface area contributed by atoms with Gasteiger partial charge in [0.05, 0.1) is 11.4 Å². The Kier molecular flexibility index (Phi) is 6.85. The number of anilines is 2. The fourth-order valence-electron chi connectivity index (χ4n) is 3.92. The van der Waals surface area contributed by atoms with E-state index in [1.54, 1.807) is 17.8 Å². The molecule has 1 saturated carbocycles. The number of fused-ring (bicyclic) bond motifs is 1. The van der Waals surface area contributed by atoms with Crippen molar-refractivity contribution in [2.45, 2.75) is 49.9 Å². The van der Waals surface area contributed by atoms with Crippen molar-refractivity contribution in [2.75, 3.05) is 16.4 Å². The summed E-state index contributed by atoms with van der Waals surface area (Å²) in [4.78, 5) is 25.1. The fourth-order valence-corrected chi connectivity index (χ4v) is 5.26. The molecule has 2 aromatic carbocycles. The number of benzene rings is 2. The lowest BCUT2D eigenvalue weighted by Gasteiger charge is -2.27. The van der Waals surface area contributed by atoms with Crippen LogP contribution in [0.1, 0.15) is 48.0 Å². The first kappa shape index (κ1) is 21.1. The highest BCUT2D eigenvalue weighted by molar-refractivity contribution is 7.98. The molecule has 5 nitrogen and oxygen atoms in total. The van der Waals surface area contributed by atoms with Crippen LogP contribution in [0.4, 0.5) is 11.4 Å². The lowest BCUT2D eigenvalue weighted by atomic mass is 9.95. The summed E-state index contributed by atoms with van der Waals surface area (Å²) in [6.07, 6.45) is 5.68.